The van der Waals surface area contributed by atoms with E-state index in [-0.39, 0.29) is 12.5 Å². The van der Waals surface area contributed by atoms with Crippen molar-refractivity contribution < 1.29 is 22.7 Å². The summed E-state index contributed by atoms with van der Waals surface area (Å²) in [5.74, 6) is -0.983. The molecule has 0 bridgehead atoms. The van der Waals surface area contributed by atoms with Crippen LogP contribution in [0.15, 0.2) is 24.3 Å². The van der Waals surface area contributed by atoms with Crippen molar-refractivity contribution in [1.29, 1.82) is 0 Å². The van der Waals surface area contributed by atoms with Gasteiger partial charge in [0.2, 0.25) is 5.82 Å². The van der Waals surface area contributed by atoms with Crippen LogP contribution in [-0.2, 0) is 17.5 Å². The van der Waals surface area contributed by atoms with Crippen molar-refractivity contribution >= 4 is 17.1 Å². The van der Waals surface area contributed by atoms with Gasteiger partial charge in [0.1, 0.15) is 5.60 Å². The van der Waals surface area contributed by atoms with E-state index >= 15 is 0 Å². The molecule has 1 atom stereocenters. The second-order valence-electron chi connectivity index (χ2n) is 7.97. The molecule has 3 rings (SSSR count). The maximum absolute atomic E-state index is 13.5. The van der Waals surface area contributed by atoms with Crippen LogP contribution in [0.2, 0.25) is 0 Å². The Morgan fingerprint density at radius 3 is 2.63 bits per heavy atom. The zero-order chi connectivity index (χ0) is 19.8. The van der Waals surface area contributed by atoms with E-state index in [1.54, 1.807) is 49.9 Å². The Kier molecular flexibility index (Phi) is 5.10. The molecule has 1 aliphatic heterocycles. The molecule has 27 heavy (non-hydrogen) atoms. The molecule has 0 unspecified atom stereocenters. The number of benzene rings is 1. The Hall–Kier alpha value is -2.25. The molecule has 0 aliphatic carbocycles. The van der Waals surface area contributed by atoms with Crippen LogP contribution in [0.5, 0.6) is 0 Å². The molecule has 8 heteroatoms. The number of hydrogen-bond acceptors (Lipinski definition) is 3. The minimum Gasteiger partial charge on any atom is -0.444 e. The number of carbonyl (C=O) groups excluding carboxylic acids is 1. The van der Waals surface area contributed by atoms with E-state index in [0.717, 1.165) is 12.8 Å². The number of para-hydroxylation sites is 2. The largest absolute Gasteiger partial charge is 0.449 e. The highest BCUT2D eigenvalue weighted by molar-refractivity contribution is 5.76. The van der Waals surface area contributed by atoms with E-state index in [0.29, 0.717) is 24.1 Å². The number of aromatic nitrogens is 2. The van der Waals surface area contributed by atoms with Gasteiger partial charge in [-0.1, -0.05) is 12.1 Å². The predicted octanol–water partition coefficient (Wildman–Crippen LogP) is 4.70. The molecule has 1 aromatic carbocycles. The number of hydrogen-bond donors (Lipinski definition) is 0. The smallest absolute Gasteiger partial charge is 0.444 e. The Labute approximate surface area is 156 Å². The minimum atomic E-state index is -4.53. The van der Waals surface area contributed by atoms with Gasteiger partial charge in [0, 0.05) is 19.6 Å². The van der Waals surface area contributed by atoms with Crippen LogP contribution >= 0.6 is 0 Å². The number of likely N-dealkylation sites (tertiary alicyclic amines) is 1. The summed E-state index contributed by atoms with van der Waals surface area (Å²) in [4.78, 5) is 17.7. The zero-order valence-electron chi connectivity index (χ0n) is 15.7. The maximum atomic E-state index is 13.5. The van der Waals surface area contributed by atoms with E-state index in [1.807, 2.05) is 0 Å². The third-order valence-corrected chi connectivity index (χ3v) is 4.52. The molecule has 1 fully saturated rings. The Bertz CT molecular complexity index is 824. The molecule has 2 aromatic rings. The van der Waals surface area contributed by atoms with E-state index in [4.69, 9.17) is 4.74 Å². The lowest BCUT2D eigenvalue weighted by molar-refractivity contribution is -0.147. The van der Waals surface area contributed by atoms with Crippen molar-refractivity contribution in [1.82, 2.24) is 14.5 Å². The summed E-state index contributed by atoms with van der Waals surface area (Å²) < 4.78 is 47.0. The SMILES string of the molecule is CC(C)(C)OC(=O)N1CCC[C@@H](Cn2c(C(F)(F)F)nc3ccccc32)C1. The van der Waals surface area contributed by atoms with Crippen LogP contribution in [0.4, 0.5) is 18.0 Å². The average molecular weight is 383 g/mol. The van der Waals surface area contributed by atoms with Crippen LogP contribution in [0, 0.1) is 5.92 Å². The third-order valence-electron chi connectivity index (χ3n) is 4.52. The number of alkyl halides is 3. The van der Waals surface area contributed by atoms with Gasteiger partial charge in [-0.2, -0.15) is 13.2 Å². The Balaban J connectivity index is 1.82. The topological polar surface area (TPSA) is 47.4 Å². The number of piperidine rings is 1. The van der Waals surface area contributed by atoms with Gasteiger partial charge in [0.05, 0.1) is 11.0 Å². The first-order valence-electron chi connectivity index (χ1n) is 9.05. The van der Waals surface area contributed by atoms with Gasteiger partial charge >= 0.3 is 12.3 Å². The van der Waals surface area contributed by atoms with Gasteiger partial charge in [0.15, 0.2) is 0 Å². The number of rotatable bonds is 2. The quantitative estimate of drug-likeness (QED) is 0.755. The van der Waals surface area contributed by atoms with Crippen molar-refractivity contribution in [3.63, 3.8) is 0 Å². The maximum Gasteiger partial charge on any atom is 0.449 e. The van der Waals surface area contributed by atoms with Gasteiger partial charge < -0.3 is 14.2 Å². The number of halogens is 3. The summed E-state index contributed by atoms with van der Waals surface area (Å²) in [6, 6.07) is 6.60. The first kappa shape index (κ1) is 19.5. The molecule has 5 nitrogen and oxygen atoms in total. The molecular formula is C19H24F3N3O2. The first-order valence-corrected chi connectivity index (χ1v) is 9.05. The highest BCUT2D eigenvalue weighted by Gasteiger charge is 2.38. The standard InChI is InChI=1S/C19H24F3N3O2/c1-18(2,3)27-17(26)24-10-6-7-13(11-24)12-25-15-9-5-4-8-14(15)23-16(25)19(20,21)22/h4-5,8-9,13H,6-7,10-12H2,1-3H3/t13-/m1/s1. The lowest BCUT2D eigenvalue weighted by Crippen LogP contribution is -2.43. The average Bonchev–Trinajstić information content (AvgIpc) is 2.93. The van der Waals surface area contributed by atoms with Gasteiger partial charge in [-0.15, -0.1) is 0 Å². The van der Waals surface area contributed by atoms with E-state index < -0.39 is 23.7 Å². The van der Waals surface area contributed by atoms with Gasteiger partial charge in [-0.25, -0.2) is 9.78 Å². The summed E-state index contributed by atoms with van der Waals surface area (Å²) in [6.07, 6.45) is -3.46. The highest BCUT2D eigenvalue weighted by atomic mass is 19.4. The first-order chi connectivity index (χ1) is 12.5. The summed E-state index contributed by atoms with van der Waals surface area (Å²) in [7, 11) is 0. The van der Waals surface area contributed by atoms with Crippen LogP contribution in [0.3, 0.4) is 0 Å². The number of fused-ring (bicyclic) bond motifs is 1. The van der Waals surface area contributed by atoms with Crippen LogP contribution in [0.1, 0.15) is 39.4 Å². The van der Waals surface area contributed by atoms with Crippen molar-refractivity contribution in [3.8, 4) is 0 Å². The van der Waals surface area contributed by atoms with E-state index in [1.165, 1.54) is 4.57 Å². The summed E-state index contributed by atoms with van der Waals surface area (Å²) in [5, 5.41) is 0. The molecule has 2 heterocycles. The molecular weight excluding hydrogens is 359 g/mol. The van der Waals surface area contributed by atoms with E-state index in [9.17, 15) is 18.0 Å². The highest BCUT2D eigenvalue weighted by Crippen LogP contribution is 2.33. The van der Waals surface area contributed by atoms with Crippen molar-refractivity contribution in [2.45, 2.75) is 51.9 Å². The fraction of sp³-hybridized carbons (Fsp3) is 0.579. The number of ether oxygens (including phenoxy) is 1. The number of nitrogens with zero attached hydrogens (tertiary/aromatic N) is 3. The van der Waals surface area contributed by atoms with Gasteiger partial charge in [-0.05, 0) is 51.7 Å². The molecule has 1 amide bonds. The second kappa shape index (κ2) is 7.05. The summed E-state index contributed by atoms with van der Waals surface area (Å²) in [6.45, 7) is 6.47. The lowest BCUT2D eigenvalue weighted by Gasteiger charge is -2.34. The summed E-state index contributed by atoms with van der Waals surface area (Å²) >= 11 is 0. The van der Waals surface area contributed by atoms with Gasteiger partial charge in [0.25, 0.3) is 0 Å². The Morgan fingerprint density at radius 1 is 1.26 bits per heavy atom. The minimum absolute atomic E-state index is 0.0926. The van der Waals surface area contributed by atoms with Crippen LogP contribution < -0.4 is 0 Å². The number of imidazole rings is 1. The molecule has 1 aromatic heterocycles. The third kappa shape index (κ3) is 4.54. The van der Waals surface area contributed by atoms with Crippen LogP contribution in [0.25, 0.3) is 11.0 Å². The predicted molar refractivity (Wildman–Crippen MR) is 95.3 cm³/mol. The molecule has 0 saturated carbocycles. The van der Waals surface area contributed by atoms with Crippen molar-refractivity contribution in [2.24, 2.45) is 5.92 Å². The normalized spacial score (nSPS) is 18.7. The molecule has 148 valence electrons. The molecule has 0 N–H and O–H groups in total. The monoisotopic (exact) mass is 383 g/mol. The lowest BCUT2D eigenvalue weighted by atomic mass is 9.98. The molecule has 1 saturated heterocycles. The summed E-state index contributed by atoms with van der Waals surface area (Å²) in [5.41, 5.74) is 0.178. The van der Waals surface area contributed by atoms with E-state index in [2.05, 4.69) is 4.98 Å². The fourth-order valence-corrected chi connectivity index (χ4v) is 3.44. The second-order valence-corrected chi connectivity index (χ2v) is 7.97. The number of amides is 1. The molecule has 1 aliphatic rings. The van der Waals surface area contributed by atoms with Crippen molar-refractivity contribution in [3.05, 3.63) is 30.1 Å². The van der Waals surface area contributed by atoms with Crippen molar-refractivity contribution in [2.75, 3.05) is 13.1 Å². The van der Waals surface area contributed by atoms with Gasteiger partial charge in [-0.3, -0.25) is 0 Å². The Morgan fingerprint density at radius 2 is 1.96 bits per heavy atom. The molecule has 0 spiro atoms. The zero-order valence-corrected chi connectivity index (χ0v) is 15.7. The molecule has 0 radical (unpaired) electrons. The van der Waals surface area contributed by atoms with Crippen LogP contribution in [-0.4, -0.2) is 39.2 Å². The fourth-order valence-electron chi connectivity index (χ4n) is 3.44. The number of carbonyl (C=O) groups is 1.